The van der Waals surface area contributed by atoms with Crippen molar-refractivity contribution in [1.82, 2.24) is 4.98 Å². The molecule has 25 heavy (non-hydrogen) atoms. The minimum absolute atomic E-state index is 0.0957. The number of rotatable bonds is 6. The van der Waals surface area contributed by atoms with Gasteiger partial charge >= 0.3 is 0 Å². The zero-order valence-electron chi connectivity index (χ0n) is 13.1. The fraction of sp³-hybridized carbons (Fsp3) is 0.176. The van der Waals surface area contributed by atoms with Crippen molar-refractivity contribution in [3.8, 4) is 0 Å². The number of hydrogen-bond donors (Lipinski definition) is 1. The van der Waals surface area contributed by atoms with E-state index in [2.05, 4.69) is 10.3 Å². The minimum Gasteiger partial charge on any atom is -0.302 e. The van der Waals surface area contributed by atoms with Crippen LogP contribution in [0, 0.1) is 5.82 Å². The van der Waals surface area contributed by atoms with E-state index in [0.29, 0.717) is 20.9 Å². The Labute approximate surface area is 148 Å². The smallest absolute Gasteiger partial charge is 0.227 e. The number of benzene rings is 2. The Hall–Kier alpha value is -2.32. The maximum absolute atomic E-state index is 13.2. The van der Waals surface area contributed by atoms with Crippen molar-refractivity contribution in [3.05, 3.63) is 59.9 Å². The van der Waals surface area contributed by atoms with E-state index in [-0.39, 0.29) is 23.7 Å². The predicted molar refractivity (Wildman–Crippen MR) is 96.8 cm³/mol. The fourth-order valence-corrected chi connectivity index (χ4v) is 4.53. The van der Waals surface area contributed by atoms with Crippen LogP contribution in [0.1, 0.15) is 12.0 Å². The van der Waals surface area contributed by atoms with Gasteiger partial charge in [-0.1, -0.05) is 41.7 Å². The summed E-state index contributed by atoms with van der Waals surface area (Å²) in [6, 6.07) is 13.0. The second-order valence-electron chi connectivity index (χ2n) is 5.51. The quantitative estimate of drug-likeness (QED) is 0.713. The number of fused-ring (bicyclic) bond motifs is 1. The zero-order valence-corrected chi connectivity index (χ0v) is 14.7. The van der Waals surface area contributed by atoms with Gasteiger partial charge in [-0.05, 0) is 23.8 Å². The summed E-state index contributed by atoms with van der Waals surface area (Å²) in [7, 11) is -3.38. The van der Waals surface area contributed by atoms with Crippen LogP contribution in [0.5, 0.6) is 0 Å². The normalized spacial score (nSPS) is 11.6. The molecular weight excluding hydrogens is 363 g/mol. The third-order valence-electron chi connectivity index (χ3n) is 3.47. The van der Waals surface area contributed by atoms with Gasteiger partial charge in [0.15, 0.2) is 15.0 Å². The van der Waals surface area contributed by atoms with E-state index in [4.69, 9.17) is 0 Å². The lowest BCUT2D eigenvalue weighted by Gasteiger charge is -2.04. The molecule has 0 spiro atoms. The lowest BCUT2D eigenvalue weighted by molar-refractivity contribution is -0.115. The summed E-state index contributed by atoms with van der Waals surface area (Å²) < 4.78 is 38.0. The van der Waals surface area contributed by atoms with Gasteiger partial charge in [0.1, 0.15) is 5.82 Å². The number of thiazole rings is 1. The maximum atomic E-state index is 13.2. The van der Waals surface area contributed by atoms with Crippen LogP contribution < -0.4 is 5.32 Å². The van der Waals surface area contributed by atoms with E-state index in [1.54, 1.807) is 24.3 Å². The largest absolute Gasteiger partial charge is 0.302 e. The number of sulfone groups is 1. The Morgan fingerprint density at radius 2 is 1.92 bits per heavy atom. The molecule has 2 aromatic carbocycles. The Balaban J connectivity index is 1.58. The van der Waals surface area contributed by atoms with Crippen LogP contribution in [-0.4, -0.2) is 25.1 Å². The average molecular weight is 378 g/mol. The minimum atomic E-state index is -3.38. The second-order valence-corrected chi connectivity index (χ2v) is 8.72. The average Bonchev–Trinajstić information content (AvgIpc) is 2.95. The predicted octanol–water partition coefficient (Wildman–Crippen LogP) is 3.38. The van der Waals surface area contributed by atoms with E-state index in [9.17, 15) is 17.6 Å². The molecule has 1 amide bonds. The highest BCUT2D eigenvalue weighted by Gasteiger charge is 2.15. The molecule has 1 heterocycles. The van der Waals surface area contributed by atoms with Gasteiger partial charge in [-0.2, -0.15) is 0 Å². The molecule has 5 nitrogen and oxygen atoms in total. The number of nitrogens with one attached hydrogen (secondary N) is 1. The van der Waals surface area contributed by atoms with E-state index in [0.717, 1.165) is 11.3 Å². The standard InChI is InChI=1S/C17H15FN2O3S2/c18-13-6-7-14-15(10-13)24-17(19-14)20-16(21)8-9-25(22,23)11-12-4-2-1-3-5-12/h1-7,10H,8-9,11H2,(H,19,20,21). The van der Waals surface area contributed by atoms with Gasteiger partial charge < -0.3 is 5.32 Å². The van der Waals surface area contributed by atoms with Crippen molar-refractivity contribution in [2.75, 3.05) is 11.1 Å². The third-order valence-corrected chi connectivity index (χ3v) is 6.00. The SMILES string of the molecule is O=C(CCS(=O)(=O)Cc1ccccc1)Nc1nc2ccc(F)cc2s1. The molecule has 0 saturated carbocycles. The summed E-state index contributed by atoms with van der Waals surface area (Å²) in [6.07, 6.45) is -0.153. The summed E-state index contributed by atoms with van der Waals surface area (Å²) in [5.41, 5.74) is 1.27. The summed E-state index contributed by atoms with van der Waals surface area (Å²) in [5, 5.41) is 2.89. The molecule has 3 aromatic rings. The van der Waals surface area contributed by atoms with E-state index in [1.807, 2.05) is 6.07 Å². The molecule has 0 aliphatic rings. The summed E-state index contributed by atoms with van der Waals surface area (Å²) in [4.78, 5) is 16.1. The lowest BCUT2D eigenvalue weighted by atomic mass is 10.2. The van der Waals surface area contributed by atoms with Gasteiger partial charge in [0.05, 0.1) is 21.7 Å². The van der Waals surface area contributed by atoms with Crippen molar-refractivity contribution < 1.29 is 17.6 Å². The first-order valence-electron chi connectivity index (χ1n) is 7.52. The van der Waals surface area contributed by atoms with Crippen molar-refractivity contribution in [3.63, 3.8) is 0 Å². The Morgan fingerprint density at radius 3 is 2.68 bits per heavy atom. The van der Waals surface area contributed by atoms with Crippen molar-refractivity contribution in [2.24, 2.45) is 0 Å². The van der Waals surface area contributed by atoms with Gasteiger partial charge in [0.2, 0.25) is 5.91 Å². The van der Waals surface area contributed by atoms with Crippen LogP contribution in [0.3, 0.4) is 0 Å². The molecule has 1 N–H and O–H groups in total. The number of carbonyl (C=O) groups is 1. The van der Waals surface area contributed by atoms with E-state index >= 15 is 0 Å². The summed E-state index contributed by atoms with van der Waals surface area (Å²) in [6.45, 7) is 0. The first-order chi connectivity index (χ1) is 11.9. The highest BCUT2D eigenvalue weighted by atomic mass is 32.2. The van der Waals surface area contributed by atoms with Crippen LogP contribution in [0.4, 0.5) is 9.52 Å². The topological polar surface area (TPSA) is 76.1 Å². The first kappa shape index (κ1) is 17.5. The molecule has 0 atom stereocenters. The third kappa shape index (κ3) is 4.83. The van der Waals surface area contributed by atoms with Crippen molar-refractivity contribution in [2.45, 2.75) is 12.2 Å². The molecule has 130 valence electrons. The first-order valence-corrected chi connectivity index (χ1v) is 10.2. The molecular formula is C17H15FN2O3S2. The van der Waals surface area contributed by atoms with E-state index < -0.39 is 15.7 Å². The number of carbonyl (C=O) groups excluding carboxylic acids is 1. The Kier molecular flexibility index (Phi) is 5.10. The molecule has 3 rings (SSSR count). The Bertz CT molecular complexity index is 1000. The molecule has 0 radical (unpaired) electrons. The van der Waals surface area contributed by atoms with Crippen molar-refractivity contribution >= 4 is 42.4 Å². The second kappa shape index (κ2) is 7.28. The highest BCUT2D eigenvalue weighted by Crippen LogP contribution is 2.26. The van der Waals surface area contributed by atoms with Crippen LogP contribution in [0.15, 0.2) is 48.5 Å². The molecule has 0 bridgehead atoms. The summed E-state index contributed by atoms with van der Waals surface area (Å²) in [5.74, 6) is -1.15. The molecule has 0 aliphatic heterocycles. The molecule has 0 saturated heterocycles. The molecule has 0 unspecified atom stereocenters. The number of amides is 1. The van der Waals surface area contributed by atoms with Crippen molar-refractivity contribution in [1.29, 1.82) is 0 Å². The Morgan fingerprint density at radius 1 is 1.16 bits per heavy atom. The summed E-state index contributed by atoms with van der Waals surface area (Å²) >= 11 is 1.14. The number of anilines is 1. The highest BCUT2D eigenvalue weighted by molar-refractivity contribution is 7.90. The van der Waals surface area contributed by atoms with Gasteiger partial charge in [-0.3, -0.25) is 4.79 Å². The number of aromatic nitrogens is 1. The maximum Gasteiger partial charge on any atom is 0.227 e. The molecule has 0 fully saturated rings. The van der Waals surface area contributed by atoms with Crippen LogP contribution in [0.2, 0.25) is 0 Å². The lowest BCUT2D eigenvalue weighted by Crippen LogP contribution is -2.18. The number of hydrogen-bond acceptors (Lipinski definition) is 5. The van der Waals surface area contributed by atoms with Crippen LogP contribution >= 0.6 is 11.3 Å². The molecule has 1 aromatic heterocycles. The monoisotopic (exact) mass is 378 g/mol. The van der Waals surface area contributed by atoms with E-state index in [1.165, 1.54) is 18.2 Å². The van der Waals surface area contributed by atoms with Gasteiger partial charge in [-0.25, -0.2) is 17.8 Å². The number of halogens is 1. The van der Waals surface area contributed by atoms with Crippen LogP contribution in [-0.2, 0) is 20.4 Å². The van der Waals surface area contributed by atoms with Gasteiger partial charge in [0.25, 0.3) is 0 Å². The number of nitrogens with zero attached hydrogens (tertiary/aromatic N) is 1. The van der Waals surface area contributed by atoms with Gasteiger partial charge in [-0.15, -0.1) is 0 Å². The fourth-order valence-electron chi connectivity index (χ4n) is 2.28. The molecule has 8 heteroatoms. The molecule has 0 aliphatic carbocycles. The van der Waals surface area contributed by atoms with Crippen LogP contribution in [0.25, 0.3) is 10.2 Å². The van der Waals surface area contributed by atoms with Gasteiger partial charge in [0, 0.05) is 6.42 Å². The zero-order chi connectivity index (χ0) is 17.9.